The summed E-state index contributed by atoms with van der Waals surface area (Å²) in [6.07, 6.45) is 8.80. The number of hydrogen-bond acceptors (Lipinski definition) is 0. The molecule has 0 spiro atoms. The SMILES string of the molecule is CBB(F)C1CCCCCCC1. The molecule has 0 nitrogen and oxygen atoms in total. The van der Waals surface area contributed by atoms with E-state index in [-0.39, 0.29) is 0 Å². The monoisotopic (exact) mass is 168 g/mol. The molecule has 0 amide bonds. The molecule has 3 heteroatoms. The molecule has 0 aliphatic heterocycles. The molecule has 0 N–H and O–H groups in total. The van der Waals surface area contributed by atoms with E-state index < -0.39 is 6.88 Å². The van der Waals surface area contributed by atoms with Crippen LogP contribution < -0.4 is 0 Å². The maximum atomic E-state index is 13.3. The summed E-state index contributed by atoms with van der Waals surface area (Å²) < 4.78 is 13.3. The number of halogens is 1. The van der Waals surface area contributed by atoms with Crippen LogP contribution in [0.15, 0.2) is 0 Å². The second-order valence-corrected chi connectivity index (χ2v) is 4.03. The van der Waals surface area contributed by atoms with E-state index in [2.05, 4.69) is 0 Å². The average molecular weight is 168 g/mol. The van der Waals surface area contributed by atoms with E-state index in [9.17, 15) is 4.32 Å². The minimum absolute atomic E-state index is 0.385. The lowest BCUT2D eigenvalue weighted by atomic mass is 9.29. The van der Waals surface area contributed by atoms with Crippen molar-refractivity contribution >= 4 is 14.1 Å². The summed E-state index contributed by atoms with van der Waals surface area (Å²) in [5.41, 5.74) is 0. The van der Waals surface area contributed by atoms with Gasteiger partial charge in [0.2, 0.25) is 0 Å². The third-order valence-corrected chi connectivity index (χ3v) is 3.05. The van der Waals surface area contributed by atoms with Gasteiger partial charge in [-0.25, -0.2) is 0 Å². The Labute approximate surface area is 76.7 Å². The van der Waals surface area contributed by atoms with Crippen molar-refractivity contribution in [2.45, 2.75) is 57.6 Å². The van der Waals surface area contributed by atoms with Gasteiger partial charge in [-0.15, -0.1) is 0 Å². The smallest absolute Gasteiger partial charge is 0.308 e. The highest BCUT2D eigenvalue weighted by Crippen LogP contribution is 2.29. The van der Waals surface area contributed by atoms with Crippen LogP contribution in [-0.2, 0) is 0 Å². The van der Waals surface area contributed by atoms with Crippen molar-refractivity contribution < 1.29 is 4.32 Å². The van der Waals surface area contributed by atoms with Crippen LogP contribution in [0.25, 0.3) is 0 Å². The molecular weight excluding hydrogens is 149 g/mol. The summed E-state index contributed by atoms with van der Waals surface area (Å²) in [5, 5.41) is 0. The van der Waals surface area contributed by atoms with Crippen LogP contribution in [0.5, 0.6) is 0 Å². The van der Waals surface area contributed by atoms with E-state index in [4.69, 9.17) is 0 Å². The zero-order valence-electron chi connectivity index (χ0n) is 8.19. The Hall–Kier alpha value is 0.0599. The minimum atomic E-state index is -0.525. The van der Waals surface area contributed by atoms with Crippen molar-refractivity contribution in [2.75, 3.05) is 0 Å². The van der Waals surface area contributed by atoms with Gasteiger partial charge < -0.3 is 4.32 Å². The van der Waals surface area contributed by atoms with Gasteiger partial charge >= 0.3 is 6.88 Å². The van der Waals surface area contributed by atoms with Crippen LogP contribution in [0.3, 0.4) is 0 Å². The first-order valence-electron chi connectivity index (χ1n) is 5.48. The average Bonchev–Trinajstić information content (AvgIpc) is 2.02. The van der Waals surface area contributed by atoms with Crippen molar-refractivity contribution in [2.24, 2.45) is 0 Å². The summed E-state index contributed by atoms with van der Waals surface area (Å²) in [4.78, 5) is 0. The lowest BCUT2D eigenvalue weighted by molar-refractivity contribution is 0.491. The highest BCUT2D eigenvalue weighted by atomic mass is 19.1. The molecule has 0 atom stereocenters. The molecule has 0 unspecified atom stereocenters. The van der Waals surface area contributed by atoms with Gasteiger partial charge in [0, 0.05) is 0 Å². The molecule has 1 aliphatic carbocycles. The number of hydrogen-bond donors (Lipinski definition) is 0. The third kappa shape index (κ3) is 3.20. The second-order valence-electron chi connectivity index (χ2n) is 4.03. The quantitative estimate of drug-likeness (QED) is 0.555. The Morgan fingerprint density at radius 2 is 1.58 bits per heavy atom. The summed E-state index contributed by atoms with van der Waals surface area (Å²) in [7, 11) is 0.713. The van der Waals surface area contributed by atoms with Gasteiger partial charge in [-0.2, -0.15) is 0 Å². The molecule has 1 fully saturated rings. The Balaban J connectivity index is 2.29. The van der Waals surface area contributed by atoms with Gasteiger partial charge in [0.15, 0.2) is 0 Å². The molecule has 0 radical (unpaired) electrons. The van der Waals surface area contributed by atoms with Crippen LogP contribution in [0.4, 0.5) is 4.32 Å². The lowest BCUT2D eigenvalue weighted by Crippen LogP contribution is -2.22. The standard InChI is InChI=1S/C9H19B2F/c1-10-11(12)9-7-5-3-2-4-6-8-9/h9-10H,2-8H2,1H3. The number of rotatable bonds is 2. The van der Waals surface area contributed by atoms with E-state index in [0.717, 1.165) is 12.8 Å². The maximum Gasteiger partial charge on any atom is 0.308 e. The molecule has 0 bridgehead atoms. The molecule has 68 valence electrons. The van der Waals surface area contributed by atoms with Crippen molar-refractivity contribution in [1.29, 1.82) is 0 Å². The van der Waals surface area contributed by atoms with Crippen LogP contribution in [-0.4, -0.2) is 14.1 Å². The summed E-state index contributed by atoms with van der Waals surface area (Å²) >= 11 is 0. The van der Waals surface area contributed by atoms with Crippen molar-refractivity contribution in [3.63, 3.8) is 0 Å². The molecule has 1 saturated carbocycles. The first-order valence-corrected chi connectivity index (χ1v) is 5.48. The van der Waals surface area contributed by atoms with Crippen LogP contribution in [0.2, 0.25) is 12.6 Å². The topological polar surface area (TPSA) is 0 Å². The largest absolute Gasteiger partial charge is 0.347 e. The minimum Gasteiger partial charge on any atom is -0.347 e. The van der Waals surface area contributed by atoms with E-state index in [1.807, 2.05) is 6.82 Å². The molecule has 0 heterocycles. The Kier molecular flexibility index (Phi) is 4.79. The molecule has 12 heavy (non-hydrogen) atoms. The predicted octanol–water partition coefficient (Wildman–Crippen LogP) is 3.04. The summed E-state index contributed by atoms with van der Waals surface area (Å²) in [5.74, 6) is 0.385. The van der Waals surface area contributed by atoms with E-state index in [0.29, 0.717) is 13.0 Å². The Morgan fingerprint density at radius 1 is 1.08 bits per heavy atom. The highest BCUT2D eigenvalue weighted by Gasteiger charge is 2.24. The van der Waals surface area contributed by atoms with Gasteiger partial charge in [-0.05, 0) is 5.82 Å². The normalized spacial score (nSPS) is 21.2. The molecular formula is C9H19B2F. The van der Waals surface area contributed by atoms with Gasteiger partial charge in [0.1, 0.15) is 7.17 Å². The first kappa shape index (κ1) is 10.1. The molecule has 0 aromatic rings. The third-order valence-electron chi connectivity index (χ3n) is 3.05. The van der Waals surface area contributed by atoms with Crippen molar-refractivity contribution in [3.05, 3.63) is 0 Å². The summed E-state index contributed by atoms with van der Waals surface area (Å²) in [6, 6.07) is 0. The van der Waals surface area contributed by atoms with E-state index >= 15 is 0 Å². The van der Waals surface area contributed by atoms with E-state index in [1.165, 1.54) is 32.1 Å². The van der Waals surface area contributed by atoms with Crippen LogP contribution in [0.1, 0.15) is 44.9 Å². The predicted molar refractivity (Wildman–Crippen MR) is 55.9 cm³/mol. The molecule has 0 aromatic heterocycles. The highest BCUT2D eigenvalue weighted by molar-refractivity contribution is 7.08. The summed E-state index contributed by atoms with van der Waals surface area (Å²) in [6.45, 7) is 1.44. The zero-order chi connectivity index (χ0) is 8.81. The molecule has 0 saturated heterocycles. The fourth-order valence-electron chi connectivity index (χ4n) is 2.18. The zero-order valence-corrected chi connectivity index (χ0v) is 8.19. The van der Waals surface area contributed by atoms with Crippen molar-refractivity contribution in [1.82, 2.24) is 0 Å². The van der Waals surface area contributed by atoms with Gasteiger partial charge in [-0.3, -0.25) is 0 Å². The van der Waals surface area contributed by atoms with Crippen molar-refractivity contribution in [3.8, 4) is 0 Å². The molecule has 1 aliphatic rings. The fourth-order valence-corrected chi connectivity index (χ4v) is 2.18. The fraction of sp³-hybridized carbons (Fsp3) is 1.00. The van der Waals surface area contributed by atoms with E-state index in [1.54, 1.807) is 0 Å². The van der Waals surface area contributed by atoms with Crippen LogP contribution >= 0.6 is 0 Å². The first-order chi connectivity index (χ1) is 5.84. The van der Waals surface area contributed by atoms with Gasteiger partial charge in [-0.1, -0.05) is 51.8 Å². The van der Waals surface area contributed by atoms with Gasteiger partial charge in [0.05, 0.1) is 0 Å². The van der Waals surface area contributed by atoms with Gasteiger partial charge in [0.25, 0.3) is 0 Å². The Morgan fingerprint density at radius 3 is 2.08 bits per heavy atom. The maximum absolute atomic E-state index is 13.3. The molecule has 0 aromatic carbocycles. The van der Waals surface area contributed by atoms with Crippen LogP contribution in [0, 0.1) is 0 Å². The lowest BCUT2D eigenvalue weighted by Gasteiger charge is -2.19. The Bertz CT molecular complexity index is 111. The second kappa shape index (κ2) is 5.66. The molecule has 1 rings (SSSR count).